The number of Topliss-reactive ketones (excluding diaryl/α,β-unsaturated/α-hetero) is 1. The van der Waals surface area contributed by atoms with Crippen molar-refractivity contribution in [2.45, 2.75) is 84.7 Å². The molecular weight excluding hydrogens is 384 g/mol. The Labute approximate surface area is 187 Å². The van der Waals surface area contributed by atoms with Crippen LogP contribution in [0, 0.1) is 40.4 Å². The number of hydrogen-bond acceptors (Lipinski definition) is 3. The predicted octanol–water partition coefficient (Wildman–Crippen LogP) is 6.46. The number of carbonyl (C=O) groups excluding carboxylic acids is 2. The van der Waals surface area contributed by atoms with E-state index in [1.807, 2.05) is 37.3 Å². The number of ketones is 1. The first kappa shape index (κ1) is 21.2. The maximum atomic E-state index is 12.6. The fraction of sp³-hybridized carbons (Fsp3) is 0.714. The van der Waals surface area contributed by atoms with Gasteiger partial charge in [0.05, 0.1) is 5.56 Å². The van der Waals surface area contributed by atoms with Crippen LogP contribution in [0.5, 0.6) is 0 Å². The van der Waals surface area contributed by atoms with E-state index in [4.69, 9.17) is 4.74 Å². The molecule has 1 unspecified atom stereocenters. The minimum absolute atomic E-state index is 0.0600. The summed E-state index contributed by atoms with van der Waals surface area (Å²) in [6.45, 7) is 6.80. The van der Waals surface area contributed by atoms with E-state index in [1.54, 1.807) is 0 Å². The fourth-order valence-corrected chi connectivity index (χ4v) is 8.79. The molecule has 0 aromatic heterocycles. The molecule has 4 aliphatic carbocycles. The van der Waals surface area contributed by atoms with E-state index in [-0.39, 0.29) is 23.4 Å². The summed E-state index contributed by atoms with van der Waals surface area (Å²) in [7, 11) is 0. The van der Waals surface area contributed by atoms with Crippen molar-refractivity contribution in [1.82, 2.24) is 0 Å². The zero-order chi connectivity index (χ0) is 21.8. The molecule has 31 heavy (non-hydrogen) atoms. The lowest BCUT2D eigenvalue weighted by Gasteiger charge is -2.61. The number of esters is 1. The van der Waals surface area contributed by atoms with Crippen LogP contribution in [0.15, 0.2) is 30.3 Å². The van der Waals surface area contributed by atoms with Crippen LogP contribution < -0.4 is 0 Å². The first-order valence-corrected chi connectivity index (χ1v) is 12.6. The maximum Gasteiger partial charge on any atom is 0.338 e. The smallest absolute Gasteiger partial charge is 0.338 e. The molecule has 168 valence electrons. The van der Waals surface area contributed by atoms with Gasteiger partial charge in [-0.15, -0.1) is 0 Å². The van der Waals surface area contributed by atoms with E-state index in [0.717, 1.165) is 37.0 Å². The van der Waals surface area contributed by atoms with Crippen molar-refractivity contribution in [3.05, 3.63) is 35.9 Å². The molecule has 0 N–H and O–H groups in total. The topological polar surface area (TPSA) is 43.4 Å². The summed E-state index contributed by atoms with van der Waals surface area (Å²) in [5, 5.41) is 0. The second-order valence-corrected chi connectivity index (χ2v) is 11.6. The molecule has 0 heterocycles. The standard InChI is InChI=1S/C28H38O3/c1-18(29)23-11-12-24-22-10-9-20-17-21(31-26(30)19-7-5-4-6-8-19)13-15-27(20,2)25(22)14-16-28(23,24)3/h4-8,20-25H,9-17H2,1-3H3/t20-,21?,22+,23-,24+,25+,27+,28-/m1/s1. The molecule has 0 radical (unpaired) electrons. The van der Waals surface area contributed by atoms with Gasteiger partial charge in [0.1, 0.15) is 11.9 Å². The molecule has 8 atom stereocenters. The molecule has 0 amide bonds. The molecule has 0 bridgehead atoms. The van der Waals surface area contributed by atoms with Crippen LogP contribution in [0.1, 0.15) is 88.9 Å². The lowest BCUT2D eigenvalue weighted by Crippen LogP contribution is -2.54. The van der Waals surface area contributed by atoms with E-state index in [1.165, 1.54) is 38.5 Å². The van der Waals surface area contributed by atoms with Gasteiger partial charge in [0.2, 0.25) is 0 Å². The van der Waals surface area contributed by atoms with Crippen LogP contribution in [0.3, 0.4) is 0 Å². The Morgan fingerprint density at radius 3 is 2.32 bits per heavy atom. The van der Waals surface area contributed by atoms with Crippen LogP contribution >= 0.6 is 0 Å². The van der Waals surface area contributed by atoms with Crippen LogP contribution in [-0.4, -0.2) is 17.9 Å². The molecule has 1 aromatic rings. The fourth-order valence-electron chi connectivity index (χ4n) is 8.79. The van der Waals surface area contributed by atoms with Gasteiger partial charge in [0.15, 0.2) is 0 Å². The monoisotopic (exact) mass is 422 g/mol. The van der Waals surface area contributed by atoms with Gasteiger partial charge in [-0.25, -0.2) is 4.79 Å². The zero-order valence-electron chi connectivity index (χ0n) is 19.4. The molecule has 4 aliphatic rings. The largest absolute Gasteiger partial charge is 0.459 e. The average Bonchev–Trinajstić information content (AvgIpc) is 3.12. The lowest BCUT2D eigenvalue weighted by atomic mass is 9.44. The van der Waals surface area contributed by atoms with Crippen molar-refractivity contribution in [3.8, 4) is 0 Å². The highest BCUT2D eigenvalue weighted by molar-refractivity contribution is 5.89. The number of rotatable bonds is 3. The Morgan fingerprint density at radius 2 is 1.58 bits per heavy atom. The average molecular weight is 423 g/mol. The highest BCUT2D eigenvalue weighted by atomic mass is 16.5. The van der Waals surface area contributed by atoms with Crippen molar-refractivity contribution in [2.75, 3.05) is 0 Å². The van der Waals surface area contributed by atoms with Gasteiger partial charge in [0.25, 0.3) is 0 Å². The summed E-state index contributed by atoms with van der Waals surface area (Å²) < 4.78 is 5.96. The summed E-state index contributed by atoms with van der Waals surface area (Å²) in [5.74, 6) is 3.49. The molecule has 5 rings (SSSR count). The molecule has 0 spiro atoms. The first-order chi connectivity index (χ1) is 14.8. The second-order valence-electron chi connectivity index (χ2n) is 11.6. The molecule has 4 fully saturated rings. The van der Waals surface area contributed by atoms with Crippen molar-refractivity contribution in [1.29, 1.82) is 0 Å². The van der Waals surface area contributed by atoms with E-state index >= 15 is 0 Å². The highest BCUT2D eigenvalue weighted by Gasteiger charge is 2.60. The lowest BCUT2D eigenvalue weighted by molar-refractivity contribution is -0.138. The molecule has 1 aromatic carbocycles. The second kappa shape index (κ2) is 7.74. The summed E-state index contributed by atoms with van der Waals surface area (Å²) in [6.07, 6.45) is 10.7. The zero-order valence-corrected chi connectivity index (χ0v) is 19.4. The van der Waals surface area contributed by atoms with Gasteiger partial charge < -0.3 is 4.74 Å². The Hall–Kier alpha value is -1.64. The minimum atomic E-state index is -0.169. The van der Waals surface area contributed by atoms with Gasteiger partial charge in [-0.3, -0.25) is 4.79 Å². The van der Waals surface area contributed by atoms with E-state index < -0.39 is 0 Å². The highest BCUT2D eigenvalue weighted by Crippen LogP contribution is 2.67. The SMILES string of the molecule is CC(=O)[C@H]1CC[C@H]2[C@@H]3CC[C@@H]4CC(OC(=O)c5ccccc5)CC[C@]4(C)[C@H]3CC[C@]12C. The number of benzene rings is 1. The van der Waals surface area contributed by atoms with Crippen molar-refractivity contribution in [3.63, 3.8) is 0 Å². The van der Waals surface area contributed by atoms with Crippen LogP contribution in [-0.2, 0) is 9.53 Å². The Kier molecular flexibility index (Phi) is 5.30. The summed E-state index contributed by atoms with van der Waals surface area (Å²) in [5.41, 5.74) is 1.26. The summed E-state index contributed by atoms with van der Waals surface area (Å²) in [6, 6.07) is 9.41. The van der Waals surface area contributed by atoms with Crippen LogP contribution in [0.4, 0.5) is 0 Å². The summed E-state index contributed by atoms with van der Waals surface area (Å²) >= 11 is 0. The Balaban J connectivity index is 1.28. The van der Waals surface area contributed by atoms with Gasteiger partial charge in [-0.1, -0.05) is 32.0 Å². The van der Waals surface area contributed by atoms with Crippen molar-refractivity contribution in [2.24, 2.45) is 40.4 Å². The Morgan fingerprint density at radius 1 is 0.871 bits per heavy atom. The Bertz CT molecular complexity index is 847. The number of ether oxygens (including phenoxy) is 1. The van der Waals surface area contributed by atoms with Crippen molar-refractivity contribution >= 4 is 11.8 Å². The molecular formula is C28H38O3. The third-order valence-corrected chi connectivity index (χ3v) is 10.4. The van der Waals surface area contributed by atoms with Crippen molar-refractivity contribution < 1.29 is 14.3 Å². The molecule has 0 saturated heterocycles. The minimum Gasteiger partial charge on any atom is -0.459 e. The van der Waals surface area contributed by atoms with Gasteiger partial charge in [0, 0.05) is 5.92 Å². The third-order valence-electron chi connectivity index (χ3n) is 10.4. The predicted molar refractivity (Wildman–Crippen MR) is 122 cm³/mol. The molecule has 0 aliphatic heterocycles. The summed E-state index contributed by atoms with van der Waals surface area (Å²) in [4.78, 5) is 24.9. The van der Waals surface area contributed by atoms with Gasteiger partial charge in [-0.05, 0) is 111 Å². The third kappa shape index (κ3) is 3.38. The van der Waals surface area contributed by atoms with E-state index in [0.29, 0.717) is 22.7 Å². The quantitative estimate of drug-likeness (QED) is 0.525. The van der Waals surface area contributed by atoms with E-state index in [2.05, 4.69) is 13.8 Å². The number of carbonyl (C=O) groups is 2. The number of hydrogen-bond donors (Lipinski definition) is 0. The van der Waals surface area contributed by atoms with Crippen LogP contribution in [0.2, 0.25) is 0 Å². The van der Waals surface area contributed by atoms with E-state index in [9.17, 15) is 9.59 Å². The van der Waals surface area contributed by atoms with Crippen LogP contribution in [0.25, 0.3) is 0 Å². The van der Waals surface area contributed by atoms with Gasteiger partial charge >= 0.3 is 5.97 Å². The van der Waals surface area contributed by atoms with Gasteiger partial charge in [-0.2, -0.15) is 0 Å². The molecule has 3 nitrogen and oxygen atoms in total. The first-order valence-electron chi connectivity index (χ1n) is 12.6. The molecule has 4 saturated carbocycles. The normalized spacial score (nSPS) is 44.0. The number of fused-ring (bicyclic) bond motifs is 5. The maximum absolute atomic E-state index is 12.6. The molecule has 3 heteroatoms.